The molecule has 7 nitrogen and oxygen atoms in total. The maximum Gasteiger partial charge on any atom is 0.165 e. The largest absolute Gasteiger partial charge is 0.388 e. The third kappa shape index (κ3) is 1.46. The molecule has 18 heavy (non-hydrogen) atoms. The van der Waals surface area contributed by atoms with Gasteiger partial charge in [-0.1, -0.05) is 0 Å². The third-order valence-corrected chi connectivity index (χ3v) is 3.33. The molecule has 8 heteroatoms. The predicted molar refractivity (Wildman–Crippen MR) is 60.3 cm³/mol. The Labute approximate surface area is 101 Å². The molecule has 0 aliphatic heterocycles. The minimum atomic E-state index is -1.46. The van der Waals surface area contributed by atoms with Crippen molar-refractivity contribution < 1.29 is 14.6 Å². The zero-order valence-corrected chi connectivity index (χ0v) is 9.31. The molecule has 0 amide bonds. The molecule has 1 saturated carbocycles. The first-order valence-electron chi connectivity index (χ1n) is 5.53. The molecule has 0 aromatic carbocycles. The van der Waals surface area contributed by atoms with Crippen molar-refractivity contribution in [3.8, 4) is 0 Å². The lowest BCUT2D eigenvalue weighted by Gasteiger charge is -2.17. The van der Waals surface area contributed by atoms with E-state index < -0.39 is 24.4 Å². The lowest BCUT2D eigenvalue weighted by atomic mass is 10.2. The van der Waals surface area contributed by atoms with Gasteiger partial charge in [0.05, 0.1) is 12.4 Å². The van der Waals surface area contributed by atoms with Crippen molar-refractivity contribution in [3.63, 3.8) is 0 Å². The van der Waals surface area contributed by atoms with Crippen LogP contribution in [0.25, 0.3) is 11.2 Å². The number of imidazole rings is 1. The van der Waals surface area contributed by atoms with Gasteiger partial charge in [-0.05, 0) is 0 Å². The van der Waals surface area contributed by atoms with Gasteiger partial charge in [0.2, 0.25) is 0 Å². The van der Waals surface area contributed by atoms with Gasteiger partial charge in [-0.15, -0.1) is 0 Å². The molecule has 3 rings (SSSR count). The average molecular weight is 253 g/mol. The Morgan fingerprint density at radius 3 is 2.72 bits per heavy atom. The number of nitrogen functional groups attached to an aromatic ring is 1. The molecule has 2 aromatic rings. The molecule has 0 radical (unpaired) electrons. The summed E-state index contributed by atoms with van der Waals surface area (Å²) in [5.74, 6) is 0.226. The van der Waals surface area contributed by atoms with Crippen molar-refractivity contribution in [1.82, 2.24) is 19.5 Å². The maximum absolute atomic E-state index is 13.4. The zero-order chi connectivity index (χ0) is 12.9. The van der Waals surface area contributed by atoms with E-state index >= 15 is 0 Å². The Bertz CT molecular complexity index is 589. The van der Waals surface area contributed by atoms with Crippen LogP contribution in [0.5, 0.6) is 0 Å². The molecule has 0 unspecified atom stereocenters. The summed E-state index contributed by atoms with van der Waals surface area (Å²) in [6.07, 6.45) is -1.31. The van der Waals surface area contributed by atoms with Crippen LogP contribution in [-0.2, 0) is 0 Å². The van der Waals surface area contributed by atoms with Crippen LogP contribution in [0.3, 0.4) is 0 Å². The number of nitrogens with two attached hydrogens (primary N) is 1. The summed E-state index contributed by atoms with van der Waals surface area (Å²) in [6.45, 7) is 0. The molecular weight excluding hydrogens is 241 g/mol. The van der Waals surface area contributed by atoms with E-state index in [9.17, 15) is 14.6 Å². The Morgan fingerprint density at radius 1 is 1.28 bits per heavy atom. The van der Waals surface area contributed by atoms with Gasteiger partial charge in [0.1, 0.15) is 30.2 Å². The Kier molecular flexibility index (Phi) is 2.42. The van der Waals surface area contributed by atoms with Gasteiger partial charge in [0.15, 0.2) is 11.5 Å². The number of anilines is 1. The summed E-state index contributed by atoms with van der Waals surface area (Å²) in [4.78, 5) is 11.9. The van der Waals surface area contributed by atoms with Crippen molar-refractivity contribution in [3.05, 3.63) is 12.7 Å². The van der Waals surface area contributed by atoms with Gasteiger partial charge in [0.25, 0.3) is 0 Å². The molecule has 0 bridgehead atoms. The first-order chi connectivity index (χ1) is 8.59. The van der Waals surface area contributed by atoms with E-state index in [0.29, 0.717) is 11.2 Å². The van der Waals surface area contributed by atoms with Gasteiger partial charge >= 0.3 is 0 Å². The molecule has 0 saturated heterocycles. The van der Waals surface area contributed by atoms with Crippen LogP contribution >= 0.6 is 0 Å². The second-order valence-electron chi connectivity index (χ2n) is 4.38. The maximum atomic E-state index is 13.4. The minimum absolute atomic E-state index is 0.0116. The fourth-order valence-corrected chi connectivity index (χ4v) is 2.34. The second-order valence-corrected chi connectivity index (χ2v) is 4.38. The molecule has 2 aromatic heterocycles. The lowest BCUT2D eigenvalue weighted by molar-refractivity contribution is -0.000965. The van der Waals surface area contributed by atoms with Crippen molar-refractivity contribution >= 4 is 17.0 Å². The summed E-state index contributed by atoms with van der Waals surface area (Å²) in [5.41, 5.74) is 6.47. The first kappa shape index (κ1) is 11.3. The number of hydrogen-bond acceptors (Lipinski definition) is 6. The number of alkyl halides is 1. The lowest BCUT2D eigenvalue weighted by Crippen LogP contribution is -2.29. The molecular formula is C10H12FN5O2. The number of rotatable bonds is 1. The normalized spacial score (nSPS) is 32.2. The number of aliphatic hydroxyl groups is 2. The highest BCUT2D eigenvalue weighted by Gasteiger charge is 2.43. The van der Waals surface area contributed by atoms with E-state index in [1.165, 1.54) is 17.2 Å². The SMILES string of the molecule is Nc1ncnc2c1ncn2[C@@H]1C[C@H](F)[C@@H](O)[C@H]1O. The van der Waals surface area contributed by atoms with Gasteiger partial charge in [0, 0.05) is 6.42 Å². The summed E-state index contributed by atoms with van der Waals surface area (Å²) in [6, 6.07) is -0.603. The summed E-state index contributed by atoms with van der Waals surface area (Å²) in [7, 11) is 0. The van der Waals surface area contributed by atoms with E-state index in [1.807, 2.05) is 0 Å². The van der Waals surface area contributed by atoms with Gasteiger partial charge in [-0.25, -0.2) is 19.3 Å². The molecule has 1 aliphatic rings. The van der Waals surface area contributed by atoms with Crippen LogP contribution in [-0.4, -0.2) is 48.1 Å². The fourth-order valence-electron chi connectivity index (χ4n) is 2.34. The quantitative estimate of drug-likeness (QED) is 0.626. The Hall–Kier alpha value is -1.80. The third-order valence-electron chi connectivity index (χ3n) is 3.33. The van der Waals surface area contributed by atoms with Crippen molar-refractivity contribution in [2.75, 3.05) is 5.73 Å². The summed E-state index contributed by atoms with van der Waals surface area (Å²) < 4.78 is 14.9. The van der Waals surface area contributed by atoms with E-state index in [-0.39, 0.29) is 12.2 Å². The van der Waals surface area contributed by atoms with E-state index in [2.05, 4.69) is 15.0 Å². The van der Waals surface area contributed by atoms with Crippen LogP contribution in [0.2, 0.25) is 0 Å². The van der Waals surface area contributed by atoms with Crippen molar-refractivity contribution in [1.29, 1.82) is 0 Å². The monoisotopic (exact) mass is 253 g/mol. The van der Waals surface area contributed by atoms with E-state index in [1.54, 1.807) is 0 Å². The van der Waals surface area contributed by atoms with Gasteiger partial charge < -0.3 is 20.5 Å². The summed E-state index contributed by atoms with van der Waals surface area (Å²) >= 11 is 0. The van der Waals surface area contributed by atoms with Crippen LogP contribution in [0.1, 0.15) is 12.5 Å². The van der Waals surface area contributed by atoms with Crippen molar-refractivity contribution in [2.24, 2.45) is 0 Å². The van der Waals surface area contributed by atoms with Crippen LogP contribution in [0.4, 0.5) is 10.2 Å². The highest BCUT2D eigenvalue weighted by atomic mass is 19.1. The number of hydrogen-bond donors (Lipinski definition) is 3. The van der Waals surface area contributed by atoms with Gasteiger partial charge in [-0.2, -0.15) is 0 Å². The van der Waals surface area contributed by atoms with Crippen molar-refractivity contribution in [2.45, 2.75) is 30.8 Å². The number of fused-ring (bicyclic) bond motifs is 1. The molecule has 2 heterocycles. The average Bonchev–Trinajstić information content (AvgIpc) is 2.88. The van der Waals surface area contributed by atoms with E-state index in [4.69, 9.17) is 5.73 Å². The fraction of sp³-hybridized carbons (Fsp3) is 0.500. The number of aliphatic hydroxyl groups excluding tert-OH is 2. The Morgan fingerprint density at radius 2 is 2.06 bits per heavy atom. The predicted octanol–water partition coefficient (Wildman–Crippen LogP) is -0.587. The zero-order valence-electron chi connectivity index (χ0n) is 9.31. The first-order valence-corrected chi connectivity index (χ1v) is 5.53. The molecule has 96 valence electrons. The molecule has 4 N–H and O–H groups in total. The molecule has 4 atom stereocenters. The number of nitrogens with zero attached hydrogens (tertiary/aromatic N) is 4. The molecule has 0 spiro atoms. The summed E-state index contributed by atoms with van der Waals surface area (Å²) in [5, 5.41) is 19.3. The Balaban J connectivity index is 2.08. The smallest absolute Gasteiger partial charge is 0.165 e. The van der Waals surface area contributed by atoms with E-state index in [0.717, 1.165) is 0 Å². The second kappa shape index (κ2) is 3.85. The number of aromatic nitrogens is 4. The minimum Gasteiger partial charge on any atom is -0.388 e. The number of halogens is 1. The highest BCUT2D eigenvalue weighted by molar-refractivity contribution is 5.81. The molecule has 1 fully saturated rings. The topological polar surface area (TPSA) is 110 Å². The molecule has 1 aliphatic carbocycles. The van der Waals surface area contributed by atoms with Crippen LogP contribution in [0.15, 0.2) is 12.7 Å². The van der Waals surface area contributed by atoms with Gasteiger partial charge in [-0.3, -0.25) is 0 Å². The van der Waals surface area contributed by atoms with Crippen LogP contribution in [0, 0.1) is 0 Å². The van der Waals surface area contributed by atoms with Crippen LogP contribution < -0.4 is 5.73 Å². The highest BCUT2D eigenvalue weighted by Crippen LogP contribution is 2.34. The standard InChI is InChI=1S/C10H12FN5O2/c11-4-1-5(8(18)7(4)17)16-3-15-6-9(12)13-2-14-10(6)16/h2-5,7-8,17-18H,1H2,(H2,12,13,14)/t4-,5+,7+,8-/m0/s1.